The second kappa shape index (κ2) is 6.21. The lowest BCUT2D eigenvalue weighted by Crippen LogP contribution is -2.10. The lowest BCUT2D eigenvalue weighted by Gasteiger charge is -2.19. The van der Waals surface area contributed by atoms with Gasteiger partial charge in [0.1, 0.15) is 4.60 Å². The molecule has 0 aliphatic heterocycles. The fourth-order valence-electron chi connectivity index (χ4n) is 1.80. The topological polar surface area (TPSA) is 24.9 Å². The van der Waals surface area contributed by atoms with Crippen LogP contribution in [0.3, 0.4) is 0 Å². The number of anilines is 1. The van der Waals surface area contributed by atoms with E-state index in [9.17, 15) is 0 Å². The largest absolute Gasteiger partial charge is 0.376 e. The fraction of sp³-hybridized carbons (Fsp3) is 0.214. The molecule has 0 aliphatic rings. The van der Waals surface area contributed by atoms with Gasteiger partial charge in [0.15, 0.2) is 0 Å². The highest BCUT2D eigenvalue weighted by molar-refractivity contribution is 9.10. The van der Waals surface area contributed by atoms with Crippen molar-refractivity contribution in [1.82, 2.24) is 4.98 Å². The van der Waals surface area contributed by atoms with E-state index in [1.165, 1.54) is 5.56 Å². The van der Waals surface area contributed by atoms with Crippen LogP contribution in [0.25, 0.3) is 0 Å². The number of nitrogens with zero attached hydrogens (tertiary/aromatic N) is 1. The van der Waals surface area contributed by atoms with E-state index < -0.39 is 0 Å². The van der Waals surface area contributed by atoms with Crippen molar-refractivity contribution in [2.24, 2.45) is 0 Å². The zero-order valence-corrected chi connectivity index (χ0v) is 12.4. The summed E-state index contributed by atoms with van der Waals surface area (Å²) in [5.74, 6) is 0. The van der Waals surface area contributed by atoms with Gasteiger partial charge in [-0.05, 0) is 52.2 Å². The molecule has 0 amide bonds. The third kappa shape index (κ3) is 3.24. The Balaban J connectivity index is 2.20. The predicted octanol–water partition coefficient (Wildman–Crippen LogP) is 5.06. The molecule has 1 unspecified atom stereocenters. The van der Waals surface area contributed by atoms with Crippen molar-refractivity contribution < 1.29 is 0 Å². The molecule has 2 rings (SSSR count). The SMILES string of the molecule is CCC(Nc1cccnc1Br)c1ccc(Cl)cc1. The van der Waals surface area contributed by atoms with E-state index in [-0.39, 0.29) is 6.04 Å². The highest BCUT2D eigenvalue weighted by Crippen LogP contribution is 2.27. The monoisotopic (exact) mass is 324 g/mol. The molecule has 94 valence electrons. The van der Waals surface area contributed by atoms with Crippen molar-refractivity contribution in [3.63, 3.8) is 0 Å². The Bertz CT molecular complexity index is 513. The normalized spacial score (nSPS) is 12.2. The molecule has 1 aromatic heterocycles. The smallest absolute Gasteiger partial charge is 0.129 e. The number of halogens is 2. The lowest BCUT2D eigenvalue weighted by molar-refractivity contribution is 0.748. The van der Waals surface area contributed by atoms with Gasteiger partial charge in [0.05, 0.1) is 11.7 Å². The second-order valence-electron chi connectivity index (χ2n) is 4.00. The summed E-state index contributed by atoms with van der Waals surface area (Å²) < 4.78 is 0.831. The van der Waals surface area contributed by atoms with Crippen molar-refractivity contribution in [1.29, 1.82) is 0 Å². The van der Waals surface area contributed by atoms with E-state index >= 15 is 0 Å². The van der Waals surface area contributed by atoms with Gasteiger partial charge in [-0.2, -0.15) is 0 Å². The summed E-state index contributed by atoms with van der Waals surface area (Å²) in [6.07, 6.45) is 2.75. The van der Waals surface area contributed by atoms with E-state index in [2.05, 4.69) is 33.2 Å². The van der Waals surface area contributed by atoms with Crippen LogP contribution >= 0.6 is 27.5 Å². The fourth-order valence-corrected chi connectivity index (χ4v) is 2.29. The molecule has 0 spiro atoms. The zero-order chi connectivity index (χ0) is 13.0. The molecule has 2 nitrogen and oxygen atoms in total. The third-order valence-electron chi connectivity index (χ3n) is 2.77. The molecule has 0 aliphatic carbocycles. The van der Waals surface area contributed by atoms with E-state index in [0.29, 0.717) is 0 Å². The van der Waals surface area contributed by atoms with Gasteiger partial charge in [-0.25, -0.2) is 4.98 Å². The van der Waals surface area contributed by atoms with E-state index in [1.54, 1.807) is 6.20 Å². The standard InChI is InChI=1S/C14H14BrClN2/c1-2-12(10-5-7-11(16)8-6-10)18-13-4-3-9-17-14(13)15/h3-9,12,18H,2H2,1H3. The Morgan fingerprint density at radius 1 is 1.28 bits per heavy atom. The molecule has 1 heterocycles. The summed E-state index contributed by atoms with van der Waals surface area (Å²) >= 11 is 9.35. The van der Waals surface area contributed by atoms with Crippen LogP contribution < -0.4 is 5.32 Å². The maximum atomic E-state index is 5.91. The minimum atomic E-state index is 0.253. The highest BCUT2D eigenvalue weighted by atomic mass is 79.9. The number of hydrogen-bond donors (Lipinski definition) is 1. The minimum absolute atomic E-state index is 0.253. The Morgan fingerprint density at radius 2 is 2.00 bits per heavy atom. The summed E-state index contributed by atoms with van der Waals surface area (Å²) in [6.45, 7) is 2.15. The summed E-state index contributed by atoms with van der Waals surface area (Å²) in [5.41, 5.74) is 2.22. The zero-order valence-electron chi connectivity index (χ0n) is 10.0. The van der Waals surface area contributed by atoms with Crippen LogP contribution in [0.4, 0.5) is 5.69 Å². The average Bonchev–Trinajstić information content (AvgIpc) is 2.39. The van der Waals surface area contributed by atoms with E-state index in [4.69, 9.17) is 11.6 Å². The number of pyridine rings is 1. The Hall–Kier alpha value is -1.06. The number of nitrogens with one attached hydrogen (secondary N) is 1. The first-order valence-electron chi connectivity index (χ1n) is 5.83. The third-order valence-corrected chi connectivity index (χ3v) is 3.65. The van der Waals surface area contributed by atoms with Crippen molar-refractivity contribution in [2.45, 2.75) is 19.4 Å². The number of rotatable bonds is 4. The number of benzene rings is 1. The maximum absolute atomic E-state index is 5.91. The molecule has 1 N–H and O–H groups in total. The molecule has 4 heteroatoms. The van der Waals surface area contributed by atoms with Gasteiger partial charge in [-0.3, -0.25) is 0 Å². The van der Waals surface area contributed by atoms with Gasteiger partial charge in [-0.15, -0.1) is 0 Å². The van der Waals surface area contributed by atoms with Crippen LogP contribution in [-0.2, 0) is 0 Å². The lowest BCUT2D eigenvalue weighted by atomic mass is 10.0. The van der Waals surface area contributed by atoms with Crippen molar-refractivity contribution in [3.05, 3.63) is 57.8 Å². The first-order chi connectivity index (χ1) is 8.70. The van der Waals surface area contributed by atoms with E-state index in [1.807, 2.05) is 36.4 Å². The Morgan fingerprint density at radius 3 is 2.61 bits per heavy atom. The van der Waals surface area contributed by atoms with Gasteiger partial charge in [0.25, 0.3) is 0 Å². The number of hydrogen-bond acceptors (Lipinski definition) is 2. The van der Waals surface area contributed by atoms with Crippen molar-refractivity contribution in [2.75, 3.05) is 5.32 Å². The first kappa shape index (κ1) is 13.4. The number of aromatic nitrogens is 1. The Labute approximate surface area is 121 Å². The van der Waals surface area contributed by atoms with Crippen LogP contribution in [0.15, 0.2) is 47.2 Å². The molecule has 0 saturated heterocycles. The maximum Gasteiger partial charge on any atom is 0.129 e. The van der Waals surface area contributed by atoms with Crippen LogP contribution in [0.2, 0.25) is 5.02 Å². The molecule has 0 saturated carbocycles. The molecule has 0 bridgehead atoms. The van der Waals surface area contributed by atoms with Crippen LogP contribution in [0, 0.1) is 0 Å². The van der Waals surface area contributed by atoms with Crippen LogP contribution in [0.1, 0.15) is 24.9 Å². The van der Waals surface area contributed by atoms with Gasteiger partial charge < -0.3 is 5.32 Å². The van der Waals surface area contributed by atoms with Gasteiger partial charge in [0.2, 0.25) is 0 Å². The molecular weight excluding hydrogens is 312 g/mol. The van der Waals surface area contributed by atoms with Gasteiger partial charge in [-0.1, -0.05) is 30.7 Å². The molecule has 0 fully saturated rings. The van der Waals surface area contributed by atoms with E-state index in [0.717, 1.165) is 21.7 Å². The van der Waals surface area contributed by atoms with Gasteiger partial charge in [0, 0.05) is 11.2 Å². The highest BCUT2D eigenvalue weighted by Gasteiger charge is 2.10. The predicted molar refractivity (Wildman–Crippen MR) is 80.0 cm³/mol. The summed E-state index contributed by atoms with van der Waals surface area (Å²) in [6, 6.07) is 12.1. The van der Waals surface area contributed by atoms with Crippen molar-refractivity contribution >= 4 is 33.2 Å². The van der Waals surface area contributed by atoms with Crippen LogP contribution in [-0.4, -0.2) is 4.98 Å². The summed E-state index contributed by atoms with van der Waals surface area (Å²) in [4.78, 5) is 4.21. The first-order valence-corrected chi connectivity index (χ1v) is 7.00. The molecule has 1 atom stereocenters. The Kier molecular flexibility index (Phi) is 4.61. The van der Waals surface area contributed by atoms with Crippen LogP contribution in [0.5, 0.6) is 0 Å². The molecule has 18 heavy (non-hydrogen) atoms. The second-order valence-corrected chi connectivity index (χ2v) is 5.19. The summed E-state index contributed by atoms with van der Waals surface area (Å²) in [5, 5.41) is 4.24. The molecular formula is C14H14BrClN2. The average molecular weight is 326 g/mol. The van der Waals surface area contributed by atoms with Crippen molar-refractivity contribution in [3.8, 4) is 0 Å². The minimum Gasteiger partial charge on any atom is -0.376 e. The summed E-state index contributed by atoms with van der Waals surface area (Å²) in [7, 11) is 0. The molecule has 0 radical (unpaired) electrons. The molecule has 1 aromatic carbocycles. The quantitative estimate of drug-likeness (QED) is 0.795. The van der Waals surface area contributed by atoms with Gasteiger partial charge >= 0.3 is 0 Å². The molecule has 2 aromatic rings.